The highest BCUT2D eigenvalue weighted by molar-refractivity contribution is 6.32. The minimum Gasteiger partial charge on any atom is -0.495 e. The number of nitrogens with zero attached hydrogens (tertiary/aromatic N) is 1. The van der Waals surface area contributed by atoms with Crippen LogP contribution in [0.5, 0.6) is 5.75 Å². The van der Waals surface area contributed by atoms with E-state index in [9.17, 15) is 19.2 Å². The van der Waals surface area contributed by atoms with Gasteiger partial charge in [0.05, 0.1) is 23.3 Å². The fraction of sp³-hybridized carbons (Fsp3) is 0.154. The summed E-state index contributed by atoms with van der Waals surface area (Å²) in [6.45, 7) is -0.614. The summed E-state index contributed by atoms with van der Waals surface area (Å²) in [7, 11) is 1.47. The number of rotatable bonds is 8. The minimum absolute atomic E-state index is 0.0425. The third-order valence-electron chi connectivity index (χ3n) is 5.46. The molecule has 1 aliphatic heterocycles. The fourth-order valence-electron chi connectivity index (χ4n) is 3.78. The molecule has 0 saturated carbocycles. The highest BCUT2D eigenvalue weighted by atomic mass is 35.5. The smallest absolute Gasteiger partial charge is 0.330 e. The Kier molecular flexibility index (Phi) is 7.12. The number of methoxy groups -OCH3 is 1. The summed E-state index contributed by atoms with van der Waals surface area (Å²) in [6.07, 6.45) is 0.0425. The summed E-state index contributed by atoms with van der Waals surface area (Å²) in [5, 5.41) is 2.88. The molecule has 1 atom stereocenters. The molecule has 0 aliphatic carbocycles. The van der Waals surface area contributed by atoms with Crippen LogP contribution in [0.4, 0.5) is 5.69 Å². The van der Waals surface area contributed by atoms with Crippen molar-refractivity contribution in [3.05, 3.63) is 94.5 Å². The number of carbonyl (C=O) groups excluding carboxylic acids is 4. The van der Waals surface area contributed by atoms with E-state index in [2.05, 4.69) is 5.32 Å². The minimum atomic E-state index is -1.24. The van der Waals surface area contributed by atoms with Crippen LogP contribution in [0.2, 0.25) is 5.02 Å². The van der Waals surface area contributed by atoms with E-state index in [1.54, 1.807) is 48.5 Å². The summed E-state index contributed by atoms with van der Waals surface area (Å²) in [5.41, 5.74) is 1.55. The molecule has 0 unspecified atom stereocenters. The normalized spacial score (nSPS) is 13.3. The standard InChI is InChI=1S/C26H21ClN2O6/c1-34-22-12-11-17(14-20(22)27)28-23(30)15-35-26(33)21(13-16-7-3-2-4-8-16)29-24(31)18-9-5-6-10-19(18)25(29)32/h2-12,14,21H,13,15H2,1H3,(H,28,30)/t21-/m0/s1. The Balaban J connectivity index is 1.49. The van der Waals surface area contributed by atoms with Crippen LogP contribution < -0.4 is 10.1 Å². The van der Waals surface area contributed by atoms with Gasteiger partial charge >= 0.3 is 5.97 Å². The Bertz CT molecular complexity index is 1260. The Morgan fingerprint density at radius 3 is 2.17 bits per heavy atom. The molecule has 0 fully saturated rings. The number of anilines is 1. The molecule has 0 saturated heterocycles. The van der Waals surface area contributed by atoms with Crippen LogP contribution in [0.15, 0.2) is 72.8 Å². The van der Waals surface area contributed by atoms with Crippen LogP contribution in [-0.2, 0) is 20.7 Å². The van der Waals surface area contributed by atoms with E-state index in [-0.39, 0.29) is 17.5 Å². The molecular weight excluding hydrogens is 472 g/mol. The average Bonchev–Trinajstić information content (AvgIpc) is 3.12. The zero-order valence-corrected chi connectivity index (χ0v) is 19.5. The van der Waals surface area contributed by atoms with Crippen LogP contribution in [0, 0.1) is 0 Å². The Labute approximate surface area is 206 Å². The van der Waals surface area contributed by atoms with Gasteiger partial charge in [0.25, 0.3) is 17.7 Å². The first-order valence-electron chi connectivity index (χ1n) is 10.7. The fourth-order valence-corrected chi connectivity index (χ4v) is 4.04. The van der Waals surface area contributed by atoms with Gasteiger partial charge in [-0.2, -0.15) is 0 Å². The molecule has 1 aliphatic rings. The molecule has 8 nitrogen and oxygen atoms in total. The van der Waals surface area contributed by atoms with E-state index >= 15 is 0 Å². The van der Waals surface area contributed by atoms with Crippen LogP contribution in [0.25, 0.3) is 0 Å². The van der Waals surface area contributed by atoms with Crippen molar-refractivity contribution in [1.82, 2.24) is 4.90 Å². The maximum atomic E-state index is 13.1. The van der Waals surface area contributed by atoms with Crippen molar-refractivity contribution in [2.24, 2.45) is 0 Å². The number of fused-ring (bicyclic) bond motifs is 1. The van der Waals surface area contributed by atoms with E-state index in [0.717, 1.165) is 10.5 Å². The Hall–Kier alpha value is -4.17. The maximum absolute atomic E-state index is 13.1. The van der Waals surface area contributed by atoms with E-state index in [1.807, 2.05) is 6.07 Å². The van der Waals surface area contributed by atoms with Crippen LogP contribution in [-0.4, -0.2) is 48.3 Å². The van der Waals surface area contributed by atoms with E-state index in [0.29, 0.717) is 16.5 Å². The lowest BCUT2D eigenvalue weighted by atomic mass is 10.0. The predicted molar refractivity (Wildman–Crippen MR) is 128 cm³/mol. The topological polar surface area (TPSA) is 102 Å². The average molecular weight is 493 g/mol. The second-order valence-electron chi connectivity index (χ2n) is 7.74. The molecule has 35 heavy (non-hydrogen) atoms. The van der Waals surface area contributed by atoms with Crippen LogP contribution in [0.1, 0.15) is 26.3 Å². The van der Waals surface area contributed by atoms with Crippen molar-refractivity contribution < 1.29 is 28.7 Å². The van der Waals surface area contributed by atoms with Gasteiger partial charge in [-0.1, -0.05) is 54.1 Å². The summed E-state index contributed by atoms with van der Waals surface area (Å²) in [4.78, 5) is 52.4. The SMILES string of the molecule is COc1ccc(NC(=O)COC(=O)[C@H](Cc2ccccc2)N2C(=O)c3ccccc3C2=O)cc1Cl. The number of amides is 3. The number of imide groups is 1. The van der Waals surface area contributed by atoms with E-state index in [1.165, 1.54) is 25.3 Å². The highest BCUT2D eigenvalue weighted by Crippen LogP contribution is 2.28. The van der Waals surface area contributed by atoms with Crippen molar-refractivity contribution in [2.45, 2.75) is 12.5 Å². The van der Waals surface area contributed by atoms with Crippen molar-refractivity contribution in [3.63, 3.8) is 0 Å². The molecule has 1 N–H and O–H groups in total. The summed E-state index contributed by atoms with van der Waals surface area (Å²) >= 11 is 6.07. The van der Waals surface area contributed by atoms with E-state index in [4.69, 9.17) is 21.1 Å². The molecule has 3 aromatic rings. The lowest BCUT2D eigenvalue weighted by Crippen LogP contribution is -2.47. The summed E-state index contributed by atoms with van der Waals surface area (Å²) < 4.78 is 10.3. The lowest BCUT2D eigenvalue weighted by Gasteiger charge is -2.24. The van der Waals surface area contributed by atoms with Crippen molar-refractivity contribution in [3.8, 4) is 5.75 Å². The summed E-state index contributed by atoms with van der Waals surface area (Å²) in [6, 6.07) is 18.7. The van der Waals surface area contributed by atoms with Gasteiger partial charge in [0, 0.05) is 12.1 Å². The third kappa shape index (κ3) is 5.17. The van der Waals surface area contributed by atoms with Gasteiger partial charge in [-0.15, -0.1) is 0 Å². The molecule has 3 amide bonds. The number of carbonyl (C=O) groups is 4. The van der Waals surface area contributed by atoms with Gasteiger partial charge in [0.2, 0.25) is 0 Å². The zero-order chi connectivity index (χ0) is 24.9. The molecule has 0 spiro atoms. The Morgan fingerprint density at radius 2 is 1.57 bits per heavy atom. The van der Waals surface area contributed by atoms with Gasteiger partial charge in [-0.25, -0.2) is 4.79 Å². The molecule has 0 aromatic heterocycles. The van der Waals surface area contributed by atoms with Gasteiger partial charge in [-0.05, 0) is 35.9 Å². The zero-order valence-electron chi connectivity index (χ0n) is 18.7. The van der Waals surface area contributed by atoms with Crippen molar-refractivity contribution in [1.29, 1.82) is 0 Å². The number of hydrogen-bond donors (Lipinski definition) is 1. The molecule has 0 radical (unpaired) electrons. The van der Waals surface area contributed by atoms with Gasteiger partial charge in [-0.3, -0.25) is 19.3 Å². The van der Waals surface area contributed by atoms with Crippen LogP contribution in [0.3, 0.4) is 0 Å². The molecule has 4 rings (SSSR count). The molecule has 0 bridgehead atoms. The van der Waals surface area contributed by atoms with Gasteiger partial charge < -0.3 is 14.8 Å². The van der Waals surface area contributed by atoms with Crippen molar-refractivity contribution in [2.75, 3.05) is 19.0 Å². The first-order valence-corrected chi connectivity index (χ1v) is 11.1. The first kappa shape index (κ1) is 24.0. The first-order chi connectivity index (χ1) is 16.9. The number of benzene rings is 3. The quantitative estimate of drug-likeness (QED) is 0.379. The number of halogens is 1. The Morgan fingerprint density at radius 1 is 0.943 bits per heavy atom. The van der Waals surface area contributed by atoms with Gasteiger partial charge in [0.15, 0.2) is 6.61 Å². The number of nitrogens with one attached hydrogen (secondary N) is 1. The van der Waals surface area contributed by atoms with Crippen molar-refractivity contribution >= 4 is 41.0 Å². The number of ether oxygens (including phenoxy) is 2. The predicted octanol–water partition coefficient (Wildman–Crippen LogP) is 3.74. The number of esters is 1. The monoisotopic (exact) mass is 492 g/mol. The maximum Gasteiger partial charge on any atom is 0.330 e. The van der Waals surface area contributed by atoms with E-state index < -0.39 is 36.3 Å². The van der Waals surface area contributed by atoms with Crippen LogP contribution >= 0.6 is 11.6 Å². The molecule has 9 heteroatoms. The summed E-state index contributed by atoms with van der Waals surface area (Å²) in [5.74, 6) is -2.20. The largest absolute Gasteiger partial charge is 0.495 e. The lowest BCUT2D eigenvalue weighted by molar-refractivity contribution is -0.151. The molecule has 1 heterocycles. The second-order valence-corrected chi connectivity index (χ2v) is 8.14. The number of hydrogen-bond acceptors (Lipinski definition) is 6. The molecular formula is C26H21ClN2O6. The molecule has 178 valence electrons. The highest BCUT2D eigenvalue weighted by Gasteiger charge is 2.43. The second kappa shape index (κ2) is 10.4. The third-order valence-corrected chi connectivity index (χ3v) is 5.76. The molecule has 3 aromatic carbocycles. The van der Waals surface area contributed by atoms with Gasteiger partial charge in [0.1, 0.15) is 11.8 Å².